The van der Waals surface area contributed by atoms with Crippen molar-refractivity contribution in [2.45, 2.75) is 12.5 Å². The summed E-state index contributed by atoms with van der Waals surface area (Å²) < 4.78 is 0. The van der Waals surface area contributed by atoms with Gasteiger partial charge in [0.2, 0.25) is 5.91 Å². The van der Waals surface area contributed by atoms with E-state index in [-0.39, 0.29) is 18.2 Å². The van der Waals surface area contributed by atoms with Crippen molar-refractivity contribution in [2.24, 2.45) is 0 Å². The third-order valence-corrected chi connectivity index (χ3v) is 4.48. The molecule has 1 unspecified atom stereocenters. The van der Waals surface area contributed by atoms with Crippen LogP contribution in [0.5, 0.6) is 0 Å². The van der Waals surface area contributed by atoms with Crippen LogP contribution in [0.2, 0.25) is 15.1 Å². The Balaban J connectivity index is 1.82. The highest BCUT2D eigenvalue weighted by Crippen LogP contribution is 2.31. The van der Waals surface area contributed by atoms with E-state index in [0.717, 1.165) is 10.6 Å². The number of benzene rings is 2. The van der Waals surface area contributed by atoms with Gasteiger partial charge in [0.15, 0.2) is 0 Å². The first-order valence-electron chi connectivity index (χ1n) is 6.79. The fourth-order valence-corrected chi connectivity index (χ4v) is 2.81. The zero-order chi connectivity index (χ0) is 16.6. The molecule has 3 rings (SSSR count). The van der Waals surface area contributed by atoms with Gasteiger partial charge < -0.3 is 5.32 Å². The van der Waals surface area contributed by atoms with E-state index in [1.165, 1.54) is 6.07 Å². The van der Waals surface area contributed by atoms with Crippen LogP contribution >= 0.6 is 34.8 Å². The summed E-state index contributed by atoms with van der Waals surface area (Å²) in [6.07, 6.45) is 0.0711. The number of hydrogen-bond acceptors (Lipinski definition) is 3. The smallest absolute Gasteiger partial charge is 0.256 e. The SMILES string of the molecule is O=C1CC(Nc2ccc(Cl)cc2)C(=O)N1c1ccc(Cl)c(Cl)c1. The number of hydrogen-bond donors (Lipinski definition) is 1. The quantitative estimate of drug-likeness (QED) is 0.816. The molecule has 0 saturated carbocycles. The fourth-order valence-electron chi connectivity index (χ4n) is 2.39. The summed E-state index contributed by atoms with van der Waals surface area (Å²) in [6, 6.07) is 10.9. The second-order valence-electron chi connectivity index (χ2n) is 5.07. The van der Waals surface area contributed by atoms with Gasteiger partial charge in [-0.2, -0.15) is 0 Å². The Morgan fingerprint density at radius 2 is 1.65 bits per heavy atom. The van der Waals surface area contributed by atoms with Gasteiger partial charge in [-0.3, -0.25) is 9.59 Å². The van der Waals surface area contributed by atoms with Crippen molar-refractivity contribution in [1.82, 2.24) is 0 Å². The average Bonchev–Trinajstić information content (AvgIpc) is 2.79. The van der Waals surface area contributed by atoms with Crippen LogP contribution in [0.1, 0.15) is 6.42 Å². The first-order chi connectivity index (χ1) is 11.0. The Labute approximate surface area is 147 Å². The lowest BCUT2D eigenvalue weighted by molar-refractivity contribution is -0.121. The van der Waals surface area contributed by atoms with E-state index in [0.29, 0.717) is 20.8 Å². The van der Waals surface area contributed by atoms with Crippen molar-refractivity contribution < 1.29 is 9.59 Å². The molecule has 2 amide bonds. The third-order valence-electron chi connectivity index (χ3n) is 3.49. The molecule has 4 nitrogen and oxygen atoms in total. The average molecular weight is 370 g/mol. The second-order valence-corrected chi connectivity index (χ2v) is 6.32. The maximum Gasteiger partial charge on any atom is 0.256 e. The first kappa shape index (κ1) is 16.1. The Hall–Kier alpha value is -1.75. The number of amides is 2. The number of nitrogens with zero attached hydrogens (tertiary/aromatic N) is 1. The molecule has 0 aliphatic carbocycles. The minimum atomic E-state index is -0.627. The van der Waals surface area contributed by atoms with Crippen molar-refractivity contribution in [1.29, 1.82) is 0 Å². The Bertz CT molecular complexity index is 777. The molecule has 2 aromatic rings. The van der Waals surface area contributed by atoms with Gasteiger partial charge in [0.25, 0.3) is 5.91 Å². The van der Waals surface area contributed by atoms with Gasteiger partial charge in [0, 0.05) is 10.7 Å². The highest BCUT2D eigenvalue weighted by Gasteiger charge is 2.39. The lowest BCUT2D eigenvalue weighted by Gasteiger charge is -2.16. The molecule has 7 heteroatoms. The van der Waals surface area contributed by atoms with Gasteiger partial charge in [-0.1, -0.05) is 34.8 Å². The second kappa shape index (κ2) is 6.40. The van der Waals surface area contributed by atoms with Gasteiger partial charge in [-0.05, 0) is 42.5 Å². The Morgan fingerprint density at radius 1 is 0.957 bits per heavy atom. The standard InChI is InChI=1S/C16H11Cl3N2O2/c17-9-1-3-10(4-2-9)20-14-8-15(22)21(16(14)23)11-5-6-12(18)13(19)7-11/h1-7,14,20H,8H2. The Morgan fingerprint density at radius 3 is 2.30 bits per heavy atom. The van der Waals surface area contributed by atoms with Gasteiger partial charge in [0.1, 0.15) is 6.04 Å². The van der Waals surface area contributed by atoms with E-state index >= 15 is 0 Å². The highest BCUT2D eigenvalue weighted by atomic mass is 35.5. The molecule has 1 aliphatic heterocycles. The van der Waals surface area contributed by atoms with E-state index in [4.69, 9.17) is 34.8 Å². The zero-order valence-electron chi connectivity index (χ0n) is 11.7. The van der Waals surface area contributed by atoms with Crippen molar-refractivity contribution in [3.8, 4) is 0 Å². The molecule has 1 saturated heterocycles. The van der Waals surface area contributed by atoms with Crippen LogP contribution in [0, 0.1) is 0 Å². The number of nitrogens with one attached hydrogen (secondary N) is 1. The zero-order valence-corrected chi connectivity index (χ0v) is 14.0. The lowest BCUT2D eigenvalue weighted by atomic mass is 10.2. The van der Waals surface area contributed by atoms with Gasteiger partial charge in [0.05, 0.1) is 22.2 Å². The summed E-state index contributed by atoms with van der Waals surface area (Å²) in [5.74, 6) is -0.622. The Kier molecular flexibility index (Phi) is 4.48. The summed E-state index contributed by atoms with van der Waals surface area (Å²) in [4.78, 5) is 25.8. The van der Waals surface area contributed by atoms with Crippen molar-refractivity contribution in [2.75, 3.05) is 10.2 Å². The van der Waals surface area contributed by atoms with Crippen molar-refractivity contribution in [3.05, 3.63) is 57.5 Å². The number of carbonyl (C=O) groups is 2. The molecule has 1 N–H and O–H groups in total. The number of rotatable bonds is 3. The maximum atomic E-state index is 12.5. The third kappa shape index (κ3) is 3.29. The lowest BCUT2D eigenvalue weighted by Crippen LogP contribution is -2.34. The summed E-state index contributed by atoms with van der Waals surface area (Å²) in [6.45, 7) is 0. The largest absolute Gasteiger partial charge is 0.373 e. The molecule has 2 aromatic carbocycles. The van der Waals surface area contributed by atoms with Crippen LogP contribution in [0.4, 0.5) is 11.4 Å². The predicted molar refractivity (Wildman–Crippen MR) is 92.4 cm³/mol. The summed E-state index contributed by atoms with van der Waals surface area (Å²) in [7, 11) is 0. The topological polar surface area (TPSA) is 49.4 Å². The van der Waals surface area contributed by atoms with E-state index in [1.807, 2.05) is 0 Å². The monoisotopic (exact) mass is 368 g/mol. The van der Waals surface area contributed by atoms with E-state index in [2.05, 4.69) is 5.32 Å². The number of imide groups is 1. The maximum absolute atomic E-state index is 12.5. The molecule has 0 spiro atoms. The number of carbonyl (C=O) groups excluding carboxylic acids is 2. The molecular weight excluding hydrogens is 359 g/mol. The molecule has 0 bridgehead atoms. The first-order valence-corrected chi connectivity index (χ1v) is 7.93. The van der Waals surface area contributed by atoms with E-state index < -0.39 is 6.04 Å². The van der Waals surface area contributed by atoms with Crippen LogP contribution < -0.4 is 10.2 Å². The predicted octanol–water partition coefficient (Wildman–Crippen LogP) is 4.39. The highest BCUT2D eigenvalue weighted by molar-refractivity contribution is 6.42. The molecule has 1 fully saturated rings. The molecule has 1 atom stereocenters. The van der Waals surface area contributed by atoms with Crippen LogP contribution in [-0.2, 0) is 9.59 Å². The fraction of sp³-hybridized carbons (Fsp3) is 0.125. The van der Waals surface area contributed by atoms with Crippen LogP contribution in [-0.4, -0.2) is 17.9 Å². The van der Waals surface area contributed by atoms with Crippen LogP contribution in [0.15, 0.2) is 42.5 Å². The minimum absolute atomic E-state index is 0.0711. The van der Waals surface area contributed by atoms with E-state index in [9.17, 15) is 9.59 Å². The van der Waals surface area contributed by atoms with E-state index in [1.54, 1.807) is 36.4 Å². The number of halogens is 3. The summed E-state index contributed by atoms with van der Waals surface area (Å²) >= 11 is 17.7. The van der Waals surface area contributed by atoms with Gasteiger partial charge in [-0.15, -0.1) is 0 Å². The molecular formula is C16H11Cl3N2O2. The molecule has 0 radical (unpaired) electrons. The van der Waals surface area contributed by atoms with Crippen molar-refractivity contribution in [3.63, 3.8) is 0 Å². The van der Waals surface area contributed by atoms with Crippen LogP contribution in [0.25, 0.3) is 0 Å². The van der Waals surface area contributed by atoms with Crippen molar-refractivity contribution >= 4 is 58.0 Å². The summed E-state index contributed by atoms with van der Waals surface area (Å²) in [5.41, 5.74) is 1.13. The normalized spacial score (nSPS) is 17.7. The molecule has 0 aromatic heterocycles. The molecule has 23 heavy (non-hydrogen) atoms. The molecule has 1 heterocycles. The molecule has 118 valence electrons. The minimum Gasteiger partial charge on any atom is -0.373 e. The molecule has 1 aliphatic rings. The van der Waals surface area contributed by atoms with Gasteiger partial charge in [-0.25, -0.2) is 4.90 Å². The van der Waals surface area contributed by atoms with Gasteiger partial charge >= 0.3 is 0 Å². The van der Waals surface area contributed by atoms with Crippen LogP contribution in [0.3, 0.4) is 0 Å². The number of anilines is 2. The summed E-state index contributed by atoms with van der Waals surface area (Å²) in [5, 5.41) is 4.30.